The Morgan fingerprint density at radius 2 is 2.23 bits per heavy atom. The van der Waals surface area contributed by atoms with Crippen LogP contribution in [-0.2, 0) is 11.4 Å². The van der Waals surface area contributed by atoms with Crippen LogP contribution in [0.1, 0.15) is 11.1 Å². The van der Waals surface area contributed by atoms with Crippen molar-refractivity contribution in [3.05, 3.63) is 39.4 Å². The zero-order valence-corrected chi connectivity index (χ0v) is 6.56. The Bertz CT molecular complexity index is 348. The van der Waals surface area contributed by atoms with E-state index in [1.165, 1.54) is 18.4 Å². The van der Waals surface area contributed by atoms with E-state index in [9.17, 15) is 14.9 Å². The molecule has 0 aliphatic carbocycles. The van der Waals surface area contributed by atoms with Gasteiger partial charge in [0.05, 0.1) is 17.1 Å². The van der Waals surface area contributed by atoms with Gasteiger partial charge in [0.2, 0.25) is 6.29 Å². The molecular formula is C8H6NO4. The van der Waals surface area contributed by atoms with E-state index in [2.05, 4.69) is 0 Å². The standard InChI is InChI=1S/C8H6NO4/c10-4-6-1-2-7(5-11)8(3-6)9(12)13/h1-3,11H,5H2. The van der Waals surface area contributed by atoms with Gasteiger partial charge in [-0.05, 0) is 6.07 Å². The molecule has 0 atom stereocenters. The number of aliphatic hydroxyl groups is 1. The fourth-order valence-electron chi connectivity index (χ4n) is 0.931. The second-order valence-electron chi connectivity index (χ2n) is 2.36. The summed E-state index contributed by atoms with van der Waals surface area (Å²) >= 11 is 0. The van der Waals surface area contributed by atoms with E-state index in [1.54, 1.807) is 0 Å². The minimum absolute atomic E-state index is 0.101. The first-order valence-electron chi connectivity index (χ1n) is 3.45. The third-order valence-electron chi connectivity index (χ3n) is 1.57. The molecule has 0 saturated carbocycles. The lowest BCUT2D eigenvalue weighted by atomic mass is 10.1. The Morgan fingerprint density at radius 3 is 2.69 bits per heavy atom. The maximum atomic E-state index is 10.4. The second kappa shape index (κ2) is 3.77. The number of nitro groups is 1. The zero-order chi connectivity index (χ0) is 9.84. The van der Waals surface area contributed by atoms with Gasteiger partial charge in [-0.3, -0.25) is 14.9 Å². The average molecular weight is 180 g/mol. The topological polar surface area (TPSA) is 80.4 Å². The summed E-state index contributed by atoms with van der Waals surface area (Å²) in [5, 5.41) is 19.1. The molecule has 13 heavy (non-hydrogen) atoms. The summed E-state index contributed by atoms with van der Waals surface area (Å²) in [5.74, 6) is 0. The Balaban J connectivity index is 3.25. The predicted octanol–water partition coefficient (Wildman–Crippen LogP) is 0.545. The summed E-state index contributed by atoms with van der Waals surface area (Å²) in [6.45, 7) is -0.421. The van der Waals surface area contributed by atoms with Crippen molar-refractivity contribution in [1.82, 2.24) is 0 Å². The summed E-state index contributed by atoms with van der Waals surface area (Å²) in [6.07, 6.45) is 1.54. The smallest absolute Gasteiger partial charge is 0.275 e. The highest BCUT2D eigenvalue weighted by Crippen LogP contribution is 2.19. The van der Waals surface area contributed by atoms with Crippen LogP contribution < -0.4 is 0 Å². The van der Waals surface area contributed by atoms with Crippen molar-refractivity contribution in [3.8, 4) is 0 Å². The lowest BCUT2D eigenvalue weighted by molar-refractivity contribution is -0.385. The van der Waals surface area contributed by atoms with Crippen molar-refractivity contribution in [3.63, 3.8) is 0 Å². The van der Waals surface area contributed by atoms with Gasteiger partial charge >= 0.3 is 0 Å². The van der Waals surface area contributed by atoms with Crippen LogP contribution in [0.25, 0.3) is 0 Å². The van der Waals surface area contributed by atoms with E-state index < -0.39 is 11.5 Å². The molecule has 5 nitrogen and oxygen atoms in total. The van der Waals surface area contributed by atoms with E-state index in [0.29, 0.717) is 0 Å². The molecule has 5 heteroatoms. The largest absolute Gasteiger partial charge is 0.391 e. The van der Waals surface area contributed by atoms with Crippen molar-refractivity contribution in [2.75, 3.05) is 0 Å². The lowest BCUT2D eigenvalue weighted by Gasteiger charge is -1.98. The summed E-state index contributed by atoms with van der Waals surface area (Å²) in [6, 6.07) is 3.78. The number of carbonyl (C=O) groups excluding carboxylic acids is 1. The molecule has 1 N–H and O–H groups in total. The van der Waals surface area contributed by atoms with E-state index in [1.807, 2.05) is 0 Å². The fourth-order valence-corrected chi connectivity index (χ4v) is 0.931. The van der Waals surface area contributed by atoms with Crippen molar-refractivity contribution in [2.24, 2.45) is 0 Å². The Hall–Kier alpha value is -1.75. The van der Waals surface area contributed by atoms with Crippen LogP contribution in [0.5, 0.6) is 0 Å². The second-order valence-corrected chi connectivity index (χ2v) is 2.36. The van der Waals surface area contributed by atoms with Crippen LogP contribution in [0.2, 0.25) is 0 Å². The van der Waals surface area contributed by atoms with Gasteiger partial charge in [0, 0.05) is 11.6 Å². The van der Waals surface area contributed by atoms with E-state index in [4.69, 9.17) is 5.11 Å². The maximum Gasteiger partial charge on any atom is 0.275 e. The zero-order valence-electron chi connectivity index (χ0n) is 6.56. The quantitative estimate of drug-likeness (QED) is 0.543. The van der Waals surface area contributed by atoms with Gasteiger partial charge in [-0.25, -0.2) is 0 Å². The van der Waals surface area contributed by atoms with Gasteiger partial charge in [-0.1, -0.05) is 6.07 Å². The minimum atomic E-state index is -0.646. The Kier molecular flexibility index (Phi) is 2.71. The summed E-state index contributed by atoms with van der Waals surface area (Å²) in [5.41, 5.74) is 0.0243. The molecule has 1 aromatic carbocycles. The molecule has 0 aliphatic heterocycles. The molecule has 0 aromatic heterocycles. The molecule has 0 bridgehead atoms. The molecule has 0 heterocycles. The third kappa shape index (κ3) is 1.88. The molecule has 0 spiro atoms. The van der Waals surface area contributed by atoms with Gasteiger partial charge in [0.15, 0.2) is 0 Å². The first kappa shape index (κ1) is 9.34. The van der Waals surface area contributed by atoms with Crippen molar-refractivity contribution in [1.29, 1.82) is 0 Å². The molecule has 0 saturated heterocycles. The lowest BCUT2D eigenvalue weighted by Crippen LogP contribution is -1.96. The number of nitrogens with zero attached hydrogens (tertiary/aromatic N) is 1. The van der Waals surface area contributed by atoms with Crippen LogP contribution in [0.4, 0.5) is 5.69 Å². The molecule has 1 rings (SSSR count). The van der Waals surface area contributed by atoms with Crippen molar-refractivity contribution in [2.45, 2.75) is 6.61 Å². The van der Waals surface area contributed by atoms with Crippen molar-refractivity contribution < 1.29 is 14.8 Å². The average Bonchev–Trinajstić information content (AvgIpc) is 2.16. The molecule has 0 amide bonds. The summed E-state index contributed by atoms with van der Waals surface area (Å²) in [7, 11) is 0. The highest BCUT2D eigenvalue weighted by Gasteiger charge is 2.13. The number of benzene rings is 1. The molecule has 67 valence electrons. The molecule has 0 aliphatic rings. The summed E-state index contributed by atoms with van der Waals surface area (Å²) < 4.78 is 0. The highest BCUT2D eigenvalue weighted by molar-refractivity contribution is 5.77. The number of nitro benzene ring substituents is 1. The monoisotopic (exact) mass is 180 g/mol. The number of hydrogen-bond acceptors (Lipinski definition) is 4. The first-order valence-corrected chi connectivity index (χ1v) is 3.45. The van der Waals surface area contributed by atoms with E-state index >= 15 is 0 Å². The van der Waals surface area contributed by atoms with Gasteiger partial charge in [0.1, 0.15) is 0 Å². The van der Waals surface area contributed by atoms with Gasteiger partial charge in [-0.15, -0.1) is 0 Å². The number of aliphatic hydroxyl groups excluding tert-OH is 1. The summed E-state index contributed by atoms with van der Waals surface area (Å²) in [4.78, 5) is 19.9. The van der Waals surface area contributed by atoms with Crippen LogP contribution in [0.3, 0.4) is 0 Å². The predicted molar refractivity (Wildman–Crippen MR) is 43.8 cm³/mol. The first-order chi connectivity index (χ1) is 6.19. The van der Waals surface area contributed by atoms with Gasteiger partial charge < -0.3 is 5.11 Å². The van der Waals surface area contributed by atoms with Crippen LogP contribution in [0.15, 0.2) is 18.2 Å². The third-order valence-corrected chi connectivity index (χ3v) is 1.57. The Labute approximate surface area is 73.8 Å². The van der Waals surface area contributed by atoms with E-state index in [-0.39, 0.29) is 16.8 Å². The number of rotatable bonds is 3. The minimum Gasteiger partial charge on any atom is -0.391 e. The maximum absolute atomic E-state index is 10.4. The van der Waals surface area contributed by atoms with Gasteiger partial charge in [-0.2, -0.15) is 0 Å². The Morgan fingerprint density at radius 1 is 1.54 bits per heavy atom. The van der Waals surface area contributed by atoms with Crippen LogP contribution in [0, 0.1) is 10.1 Å². The SMILES string of the molecule is O=[C]c1ccc(CO)c([N+](=O)[O-])c1. The molecule has 0 fully saturated rings. The molecule has 1 radical (unpaired) electrons. The van der Waals surface area contributed by atoms with Crippen molar-refractivity contribution >= 4 is 12.0 Å². The molecule has 0 unspecified atom stereocenters. The van der Waals surface area contributed by atoms with Crippen LogP contribution in [-0.4, -0.2) is 16.3 Å². The normalized spacial score (nSPS) is 9.62. The number of hydrogen-bond donors (Lipinski definition) is 1. The molecule has 1 aromatic rings. The van der Waals surface area contributed by atoms with Gasteiger partial charge in [0.25, 0.3) is 5.69 Å². The highest BCUT2D eigenvalue weighted by atomic mass is 16.6. The molecular weight excluding hydrogens is 174 g/mol. The van der Waals surface area contributed by atoms with E-state index in [0.717, 1.165) is 6.07 Å². The van der Waals surface area contributed by atoms with Crippen LogP contribution >= 0.6 is 0 Å². The fraction of sp³-hybridized carbons (Fsp3) is 0.125.